The molecule has 0 aromatic heterocycles. The standard InChI is InChI=1S/C14H20NO8/c1-7(16)15-11-5-21-12(6-20-8(2)17)14(23-10(4)19)13(11)22-9(3)18/h5,11-14H,6H2,1-4H3,(H,15,16)/t11-,12-,13-,14+/m1/s1. The molecule has 0 aromatic carbocycles. The average molecular weight is 330 g/mol. The van der Waals surface area contributed by atoms with E-state index in [9.17, 15) is 19.2 Å². The van der Waals surface area contributed by atoms with Crippen LogP contribution in [0.25, 0.3) is 0 Å². The molecule has 0 unspecified atom stereocenters. The molecule has 1 aliphatic rings. The summed E-state index contributed by atoms with van der Waals surface area (Å²) in [6.45, 7) is 5.92. The lowest BCUT2D eigenvalue weighted by Crippen LogP contribution is -2.60. The molecule has 1 saturated heterocycles. The van der Waals surface area contributed by atoms with Gasteiger partial charge in [-0.05, 0) is 0 Å². The second-order valence-corrected chi connectivity index (χ2v) is 4.99. The molecular formula is C14H20NO8. The Kier molecular flexibility index (Phi) is 6.95. The van der Waals surface area contributed by atoms with Crippen LogP contribution in [0.3, 0.4) is 0 Å². The van der Waals surface area contributed by atoms with Gasteiger partial charge in [0.2, 0.25) is 5.91 Å². The number of ether oxygens (including phenoxy) is 4. The summed E-state index contributed by atoms with van der Waals surface area (Å²) in [5, 5.41) is 2.53. The number of carbonyl (C=O) groups is 4. The van der Waals surface area contributed by atoms with E-state index < -0.39 is 42.3 Å². The summed E-state index contributed by atoms with van der Waals surface area (Å²) in [4.78, 5) is 44.9. The van der Waals surface area contributed by atoms with E-state index in [2.05, 4.69) is 5.32 Å². The van der Waals surface area contributed by atoms with E-state index in [-0.39, 0.29) is 12.5 Å². The maximum absolute atomic E-state index is 11.3. The lowest BCUT2D eigenvalue weighted by Gasteiger charge is -2.40. The van der Waals surface area contributed by atoms with Gasteiger partial charge in [0.25, 0.3) is 0 Å². The fourth-order valence-electron chi connectivity index (χ4n) is 2.11. The van der Waals surface area contributed by atoms with Crippen molar-refractivity contribution in [3.63, 3.8) is 0 Å². The molecule has 0 aromatic rings. The van der Waals surface area contributed by atoms with Crippen molar-refractivity contribution < 1.29 is 38.1 Å². The Morgan fingerprint density at radius 3 is 2.00 bits per heavy atom. The van der Waals surface area contributed by atoms with E-state index in [4.69, 9.17) is 18.9 Å². The van der Waals surface area contributed by atoms with Crippen LogP contribution >= 0.6 is 0 Å². The smallest absolute Gasteiger partial charge is 0.303 e. The fourth-order valence-corrected chi connectivity index (χ4v) is 2.11. The normalized spacial score (nSPS) is 26.8. The first-order chi connectivity index (χ1) is 10.7. The summed E-state index contributed by atoms with van der Waals surface area (Å²) in [7, 11) is 0. The molecule has 23 heavy (non-hydrogen) atoms. The molecule has 1 N–H and O–H groups in total. The van der Waals surface area contributed by atoms with Gasteiger partial charge in [-0.2, -0.15) is 0 Å². The number of esters is 3. The summed E-state index contributed by atoms with van der Waals surface area (Å²) in [6, 6.07) is -0.811. The quantitative estimate of drug-likeness (QED) is 0.528. The molecule has 1 amide bonds. The van der Waals surface area contributed by atoms with Gasteiger partial charge in [-0.1, -0.05) is 0 Å². The Labute approximate surface area is 133 Å². The summed E-state index contributed by atoms with van der Waals surface area (Å²) in [5.74, 6) is -2.17. The second-order valence-electron chi connectivity index (χ2n) is 4.99. The molecule has 1 fully saturated rings. The fraction of sp³-hybridized carbons (Fsp3) is 0.643. The molecule has 1 radical (unpaired) electrons. The van der Waals surface area contributed by atoms with E-state index in [0.29, 0.717) is 0 Å². The maximum Gasteiger partial charge on any atom is 0.303 e. The minimum Gasteiger partial charge on any atom is -0.463 e. The van der Waals surface area contributed by atoms with Crippen LogP contribution in [0.4, 0.5) is 0 Å². The molecule has 0 aliphatic carbocycles. The van der Waals surface area contributed by atoms with E-state index in [1.54, 1.807) is 0 Å². The second kappa shape index (κ2) is 8.47. The van der Waals surface area contributed by atoms with Crippen LogP contribution in [-0.4, -0.2) is 54.8 Å². The number of carbonyl (C=O) groups excluding carboxylic acids is 4. The zero-order valence-electron chi connectivity index (χ0n) is 13.4. The maximum atomic E-state index is 11.3. The van der Waals surface area contributed by atoms with E-state index >= 15 is 0 Å². The molecule has 1 aliphatic heterocycles. The highest BCUT2D eigenvalue weighted by molar-refractivity contribution is 5.74. The lowest BCUT2D eigenvalue weighted by atomic mass is 9.97. The van der Waals surface area contributed by atoms with Gasteiger partial charge in [0.15, 0.2) is 12.2 Å². The third-order valence-electron chi connectivity index (χ3n) is 2.87. The highest BCUT2D eigenvalue weighted by atomic mass is 16.6. The van der Waals surface area contributed by atoms with Crippen molar-refractivity contribution in [2.24, 2.45) is 0 Å². The van der Waals surface area contributed by atoms with Crippen LogP contribution in [0.1, 0.15) is 27.7 Å². The van der Waals surface area contributed by atoms with Gasteiger partial charge in [0.1, 0.15) is 19.3 Å². The molecule has 1 heterocycles. The van der Waals surface area contributed by atoms with Crippen molar-refractivity contribution in [1.82, 2.24) is 5.32 Å². The first-order valence-corrected chi connectivity index (χ1v) is 6.94. The predicted molar refractivity (Wildman–Crippen MR) is 74.5 cm³/mol. The SMILES string of the molecule is CC(=O)N[C@@H]1[CH]O[C@H](COC(C)=O)[C@H](OC(C)=O)[C@@H]1OC(C)=O. The zero-order chi connectivity index (χ0) is 17.6. The zero-order valence-corrected chi connectivity index (χ0v) is 13.4. The highest BCUT2D eigenvalue weighted by Gasteiger charge is 2.46. The van der Waals surface area contributed by atoms with Crippen molar-refractivity contribution in [2.75, 3.05) is 6.61 Å². The average Bonchev–Trinajstić information content (AvgIpc) is 2.39. The van der Waals surface area contributed by atoms with Gasteiger partial charge >= 0.3 is 17.9 Å². The van der Waals surface area contributed by atoms with Crippen LogP contribution in [0, 0.1) is 6.61 Å². The molecule has 129 valence electrons. The number of hydrogen-bond acceptors (Lipinski definition) is 8. The van der Waals surface area contributed by atoms with Crippen molar-refractivity contribution in [3.8, 4) is 0 Å². The molecule has 9 heteroatoms. The number of hydrogen-bond donors (Lipinski definition) is 1. The molecule has 9 nitrogen and oxygen atoms in total. The van der Waals surface area contributed by atoms with Gasteiger partial charge in [0.05, 0.1) is 6.04 Å². The number of rotatable bonds is 5. The van der Waals surface area contributed by atoms with Gasteiger partial charge in [0, 0.05) is 27.7 Å². The monoisotopic (exact) mass is 330 g/mol. The summed E-state index contributed by atoms with van der Waals surface area (Å²) in [6.07, 6.45) is -2.91. The van der Waals surface area contributed by atoms with Crippen LogP contribution in [-0.2, 0) is 38.1 Å². The first-order valence-electron chi connectivity index (χ1n) is 6.94. The summed E-state index contributed by atoms with van der Waals surface area (Å²) < 4.78 is 20.6. The summed E-state index contributed by atoms with van der Waals surface area (Å²) in [5.41, 5.74) is 0. The Morgan fingerprint density at radius 1 is 0.957 bits per heavy atom. The van der Waals surface area contributed by atoms with Gasteiger partial charge < -0.3 is 24.3 Å². The van der Waals surface area contributed by atoms with Crippen molar-refractivity contribution >= 4 is 23.8 Å². The number of amides is 1. The van der Waals surface area contributed by atoms with Gasteiger partial charge in [-0.3, -0.25) is 19.2 Å². The Morgan fingerprint density at radius 2 is 1.52 bits per heavy atom. The predicted octanol–water partition coefficient (Wildman–Crippen LogP) is -0.522. The lowest BCUT2D eigenvalue weighted by molar-refractivity contribution is -0.197. The minimum atomic E-state index is -1.04. The van der Waals surface area contributed by atoms with Crippen LogP contribution in [0.2, 0.25) is 0 Å². The van der Waals surface area contributed by atoms with E-state index in [1.807, 2.05) is 0 Å². The Hall–Kier alpha value is -2.16. The van der Waals surface area contributed by atoms with Crippen molar-refractivity contribution in [3.05, 3.63) is 6.61 Å². The molecule has 4 atom stereocenters. The molecule has 0 bridgehead atoms. The van der Waals surface area contributed by atoms with E-state index in [1.165, 1.54) is 34.3 Å². The Bertz CT molecular complexity index is 477. The van der Waals surface area contributed by atoms with Crippen LogP contribution in [0.5, 0.6) is 0 Å². The third-order valence-corrected chi connectivity index (χ3v) is 2.87. The summed E-state index contributed by atoms with van der Waals surface area (Å²) >= 11 is 0. The van der Waals surface area contributed by atoms with Crippen molar-refractivity contribution in [2.45, 2.75) is 52.0 Å². The largest absolute Gasteiger partial charge is 0.463 e. The Balaban J connectivity index is 2.98. The molecule has 0 spiro atoms. The first kappa shape index (κ1) is 18.9. The topological polar surface area (TPSA) is 117 Å². The van der Waals surface area contributed by atoms with Gasteiger partial charge in [-0.25, -0.2) is 0 Å². The molecule has 0 saturated carbocycles. The minimum absolute atomic E-state index is 0.200. The van der Waals surface area contributed by atoms with E-state index in [0.717, 1.165) is 0 Å². The molecule has 1 rings (SSSR count). The highest BCUT2D eigenvalue weighted by Crippen LogP contribution is 2.25. The molecular weight excluding hydrogens is 310 g/mol. The van der Waals surface area contributed by atoms with Crippen molar-refractivity contribution in [1.29, 1.82) is 0 Å². The van der Waals surface area contributed by atoms with Gasteiger partial charge in [-0.15, -0.1) is 0 Å². The van der Waals surface area contributed by atoms with Crippen LogP contribution < -0.4 is 5.32 Å². The third kappa shape index (κ3) is 6.23. The number of nitrogens with one attached hydrogen (secondary N) is 1. The van der Waals surface area contributed by atoms with Crippen LogP contribution in [0.15, 0.2) is 0 Å².